The number of aromatic nitrogens is 3. The number of aromatic amines is 1. The van der Waals surface area contributed by atoms with E-state index in [0.717, 1.165) is 5.56 Å². The monoisotopic (exact) mass is 306 g/mol. The van der Waals surface area contributed by atoms with Crippen LogP contribution in [0.4, 0.5) is 10.2 Å². The number of nitrogens with one attached hydrogen (secondary N) is 1. The molecule has 18 heavy (non-hydrogen) atoms. The van der Waals surface area contributed by atoms with Crippen molar-refractivity contribution in [3.05, 3.63) is 40.8 Å². The number of fused-ring (bicyclic) bond motifs is 1. The van der Waals surface area contributed by atoms with Crippen molar-refractivity contribution >= 4 is 32.8 Å². The summed E-state index contributed by atoms with van der Waals surface area (Å²) < 4.78 is 13.8. The quantitative estimate of drug-likeness (QED) is 0.726. The van der Waals surface area contributed by atoms with E-state index < -0.39 is 0 Å². The van der Waals surface area contributed by atoms with Crippen LogP contribution in [0.5, 0.6) is 0 Å². The third kappa shape index (κ3) is 1.84. The van der Waals surface area contributed by atoms with Gasteiger partial charge in [-0.05, 0) is 34.1 Å². The third-order valence-electron chi connectivity index (χ3n) is 2.58. The fourth-order valence-corrected chi connectivity index (χ4v) is 2.02. The molecule has 0 aliphatic heterocycles. The predicted molar refractivity (Wildman–Crippen MR) is 71.4 cm³/mol. The molecule has 0 bridgehead atoms. The second-order valence-corrected chi connectivity index (χ2v) is 4.69. The van der Waals surface area contributed by atoms with E-state index in [-0.39, 0.29) is 5.82 Å². The number of hydrogen-bond acceptors (Lipinski definition) is 3. The molecule has 0 radical (unpaired) electrons. The number of nitrogens with zero attached hydrogens (tertiary/aromatic N) is 2. The summed E-state index contributed by atoms with van der Waals surface area (Å²) in [6.45, 7) is 0. The fraction of sp³-hybridized carbons (Fsp3) is 0. The smallest absolute Gasteiger partial charge is 0.140 e. The maximum atomic E-state index is 13.4. The molecule has 3 N–H and O–H groups in total. The summed E-state index contributed by atoms with van der Waals surface area (Å²) in [6, 6.07) is 6.54. The van der Waals surface area contributed by atoms with Crippen LogP contribution in [0.3, 0.4) is 0 Å². The highest BCUT2D eigenvalue weighted by molar-refractivity contribution is 9.10. The Balaban J connectivity index is 2.16. The van der Waals surface area contributed by atoms with Gasteiger partial charge >= 0.3 is 0 Å². The van der Waals surface area contributed by atoms with Gasteiger partial charge in [-0.2, -0.15) is 0 Å². The number of H-pyrrole nitrogens is 1. The van der Waals surface area contributed by atoms with E-state index in [9.17, 15) is 4.39 Å². The summed E-state index contributed by atoms with van der Waals surface area (Å²) in [4.78, 5) is 11.4. The minimum atomic E-state index is -0.326. The first-order valence-corrected chi connectivity index (χ1v) is 5.99. The highest BCUT2D eigenvalue weighted by Gasteiger charge is 2.08. The number of benzene rings is 1. The second kappa shape index (κ2) is 4.06. The molecular formula is C12H8BrFN4. The van der Waals surface area contributed by atoms with E-state index in [2.05, 4.69) is 30.9 Å². The molecule has 0 amide bonds. The summed E-state index contributed by atoms with van der Waals surface area (Å²) >= 11 is 3.13. The van der Waals surface area contributed by atoms with Crippen LogP contribution in [0, 0.1) is 5.82 Å². The lowest BCUT2D eigenvalue weighted by molar-refractivity contribution is 0.623. The van der Waals surface area contributed by atoms with Crippen LogP contribution in [0.2, 0.25) is 0 Å². The fourth-order valence-electron chi connectivity index (χ4n) is 1.69. The van der Waals surface area contributed by atoms with E-state index in [4.69, 9.17) is 5.73 Å². The van der Waals surface area contributed by atoms with Crippen molar-refractivity contribution in [2.24, 2.45) is 0 Å². The normalized spacial score (nSPS) is 11.0. The van der Waals surface area contributed by atoms with Gasteiger partial charge in [-0.15, -0.1) is 0 Å². The number of nitrogen functional groups attached to an aromatic ring is 1. The first kappa shape index (κ1) is 11.2. The molecule has 0 saturated carbocycles. The van der Waals surface area contributed by atoms with Gasteiger partial charge in [-0.1, -0.05) is 0 Å². The minimum absolute atomic E-state index is 0.326. The molecule has 0 spiro atoms. The van der Waals surface area contributed by atoms with Crippen molar-refractivity contribution in [1.29, 1.82) is 0 Å². The molecule has 3 aromatic rings. The number of rotatable bonds is 1. The summed E-state index contributed by atoms with van der Waals surface area (Å²) in [5.41, 5.74) is 7.66. The van der Waals surface area contributed by atoms with Crippen LogP contribution in [0.1, 0.15) is 0 Å². The first-order valence-electron chi connectivity index (χ1n) is 5.20. The molecule has 0 fully saturated rings. The molecule has 0 saturated heterocycles. The zero-order chi connectivity index (χ0) is 12.7. The topological polar surface area (TPSA) is 67.6 Å². The Morgan fingerprint density at radius 3 is 2.83 bits per heavy atom. The van der Waals surface area contributed by atoms with E-state index in [1.54, 1.807) is 18.3 Å². The maximum absolute atomic E-state index is 13.4. The molecule has 0 aliphatic carbocycles. The van der Waals surface area contributed by atoms with Crippen LogP contribution in [0.15, 0.2) is 34.9 Å². The lowest BCUT2D eigenvalue weighted by atomic mass is 10.3. The first-order chi connectivity index (χ1) is 8.63. The Kier molecular flexibility index (Phi) is 2.52. The highest BCUT2D eigenvalue weighted by atomic mass is 79.9. The Hall–Kier alpha value is -1.95. The van der Waals surface area contributed by atoms with E-state index in [1.165, 1.54) is 6.07 Å². The van der Waals surface area contributed by atoms with Crippen LogP contribution >= 0.6 is 15.9 Å². The average molecular weight is 307 g/mol. The second-order valence-electron chi connectivity index (χ2n) is 3.84. The zero-order valence-corrected chi connectivity index (χ0v) is 10.7. The molecule has 4 nitrogen and oxygen atoms in total. The van der Waals surface area contributed by atoms with Gasteiger partial charge in [-0.25, -0.2) is 14.4 Å². The Morgan fingerprint density at radius 2 is 2.11 bits per heavy atom. The molecule has 0 atom stereocenters. The van der Waals surface area contributed by atoms with Gasteiger partial charge in [-0.3, -0.25) is 0 Å². The van der Waals surface area contributed by atoms with Crippen molar-refractivity contribution in [3.63, 3.8) is 0 Å². The van der Waals surface area contributed by atoms with Gasteiger partial charge in [0.25, 0.3) is 0 Å². The molecule has 1 aromatic carbocycles. The highest BCUT2D eigenvalue weighted by Crippen LogP contribution is 2.25. The molecule has 6 heteroatoms. The van der Waals surface area contributed by atoms with Crippen molar-refractivity contribution < 1.29 is 4.39 Å². The number of pyridine rings is 1. The maximum Gasteiger partial charge on any atom is 0.140 e. The number of nitrogens with two attached hydrogens (primary N) is 1. The summed E-state index contributed by atoms with van der Waals surface area (Å²) in [5, 5.41) is 0. The van der Waals surface area contributed by atoms with Crippen LogP contribution in [0.25, 0.3) is 22.4 Å². The van der Waals surface area contributed by atoms with Gasteiger partial charge in [0.05, 0.1) is 15.5 Å². The summed E-state index contributed by atoms with van der Waals surface area (Å²) in [7, 11) is 0. The minimum Gasteiger partial charge on any atom is -0.384 e. The Morgan fingerprint density at radius 1 is 1.28 bits per heavy atom. The third-order valence-corrected chi connectivity index (χ3v) is 3.19. The van der Waals surface area contributed by atoms with Gasteiger partial charge < -0.3 is 10.7 Å². The number of hydrogen-bond donors (Lipinski definition) is 2. The lowest BCUT2D eigenvalue weighted by Gasteiger charge is -1.95. The molecule has 2 aromatic heterocycles. The van der Waals surface area contributed by atoms with Gasteiger partial charge in [0.1, 0.15) is 17.5 Å². The van der Waals surface area contributed by atoms with Gasteiger partial charge in [0.15, 0.2) is 0 Å². The number of anilines is 1. The average Bonchev–Trinajstić information content (AvgIpc) is 2.73. The number of halogens is 2. The molecular weight excluding hydrogens is 299 g/mol. The van der Waals surface area contributed by atoms with Crippen LogP contribution in [-0.4, -0.2) is 15.0 Å². The van der Waals surface area contributed by atoms with Crippen LogP contribution in [-0.2, 0) is 0 Å². The molecule has 2 heterocycles. The van der Waals surface area contributed by atoms with E-state index in [1.807, 2.05) is 6.07 Å². The van der Waals surface area contributed by atoms with Crippen molar-refractivity contribution in [2.75, 3.05) is 5.73 Å². The lowest BCUT2D eigenvalue weighted by Crippen LogP contribution is -1.89. The number of imidazole rings is 1. The molecule has 0 aliphatic rings. The standard InChI is InChI=1S/C12H8BrFN4/c13-7-3-9-10(4-8(7)14)18-12(17-9)6-1-2-11(15)16-5-6/h1-5H,(H2,15,16)(H,17,18). The largest absolute Gasteiger partial charge is 0.384 e. The molecule has 3 rings (SSSR count). The van der Waals surface area contributed by atoms with Crippen LogP contribution < -0.4 is 5.73 Å². The summed E-state index contributed by atoms with van der Waals surface area (Å²) in [6.07, 6.45) is 1.62. The molecule has 90 valence electrons. The Labute approximate surface area is 110 Å². The van der Waals surface area contributed by atoms with Gasteiger partial charge in [0.2, 0.25) is 0 Å². The van der Waals surface area contributed by atoms with Crippen molar-refractivity contribution in [1.82, 2.24) is 15.0 Å². The van der Waals surface area contributed by atoms with Crippen molar-refractivity contribution in [2.45, 2.75) is 0 Å². The molecule has 0 unspecified atom stereocenters. The Bertz CT molecular complexity index is 682. The van der Waals surface area contributed by atoms with E-state index >= 15 is 0 Å². The predicted octanol–water partition coefficient (Wildman–Crippen LogP) is 3.11. The summed E-state index contributed by atoms with van der Waals surface area (Å²) in [5.74, 6) is 0.756. The zero-order valence-electron chi connectivity index (χ0n) is 9.11. The van der Waals surface area contributed by atoms with E-state index in [0.29, 0.717) is 27.1 Å². The van der Waals surface area contributed by atoms with Crippen molar-refractivity contribution in [3.8, 4) is 11.4 Å². The SMILES string of the molecule is Nc1ccc(-c2nc3cc(Br)c(F)cc3[nH]2)cn1. The van der Waals surface area contributed by atoms with Gasteiger partial charge in [0, 0.05) is 17.8 Å².